The van der Waals surface area contributed by atoms with E-state index in [0.717, 1.165) is 10.4 Å². The maximum atomic E-state index is 12.6. The summed E-state index contributed by atoms with van der Waals surface area (Å²) in [7, 11) is -2.29. The molecule has 26 heavy (non-hydrogen) atoms. The molecule has 0 atom stereocenters. The SMILES string of the molecule is COc1ccc(C)cc1S(=O)(=O)NCc1ccc(C(=O)c2cccs2)s1. The minimum atomic E-state index is -3.73. The second kappa shape index (κ2) is 7.71. The Labute approximate surface area is 160 Å². The lowest BCUT2D eigenvalue weighted by Crippen LogP contribution is -2.23. The molecule has 136 valence electrons. The number of carbonyl (C=O) groups is 1. The van der Waals surface area contributed by atoms with Crippen LogP contribution in [0.25, 0.3) is 0 Å². The summed E-state index contributed by atoms with van der Waals surface area (Å²) in [6.45, 7) is 1.93. The van der Waals surface area contributed by atoms with Crippen LogP contribution < -0.4 is 9.46 Å². The molecule has 3 aromatic rings. The van der Waals surface area contributed by atoms with Crippen molar-refractivity contribution in [3.05, 3.63) is 68.0 Å². The first-order valence-corrected chi connectivity index (χ1v) is 10.9. The molecule has 1 aromatic carbocycles. The first kappa shape index (κ1) is 18.8. The molecule has 2 heterocycles. The van der Waals surface area contributed by atoms with Crippen molar-refractivity contribution in [2.75, 3.05) is 7.11 Å². The number of thiophene rings is 2. The lowest BCUT2D eigenvalue weighted by molar-refractivity contribution is 0.104. The third kappa shape index (κ3) is 4.04. The number of hydrogen-bond donors (Lipinski definition) is 1. The van der Waals surface area contributed by atoms with Crippen LogP contribution in [0.15, 0.2) is 52.7 Å². The predicted molar refractivity (Wildman–Crippen MR) is 104 cm³/mol. The maximum absolute atomic E-state index is 12.6. The molecule has 8 heteroatoms. The average Bonchev–Trinajstić information content (AvgIpc) is 3.31. The van der Waals surface area contributed by atoms with Crippen LogP contribution in [-0.4, -0.2) is 21.3 Å². The Morgan fingerprint density at radius 2 is 1.96 bits per heavy atom. The number of nitrogens with one attached hydrogen (secondary N) is 1. The van der Waals surface area contributed by atoms with Crippen LogP contribution in [0.4, 0.5) is 0 Å². The molecule has 0 radical (unpaired) electrons. The van der Waals surface area contributed by atoms with Gasteiger partial charge >= 0.3 is 0 Å². The Morgan fingerprint density at radius 3 is 2.65 bits per heavy atom. The molecule has 0 aliphatic heterocycles. The molecule has 0 saturated heterocycles. The van der Waals surface area contributed by atoms with Gasteiger partial charge in [-0.05, 0) is 48.2 Å². The van der Waals surface area contributed by atoms with Gasteiger partial charge in [-0.25, -0.2) is 13.1 Å². The Morgan fingerprint density at radius 1 is 1.15 bits per heavy atom. The molecule has 0 bridgehead atoms. The highest BCUT2D eigenvalue weighted by molar-refractivity contribution is 7.89. The molecule has 0 aliphatic carbocycles. The van der Waals surface area contributed by atoms with Gasteiger partial charge in [0.05, 0.1) is 16.9 Å². The average molecular weight is 408 g/mol. The molecule has 1 N–H and O–H groups in total. The van der Waals surface area contributed by atoms with Crippen LogP contribution in [0.3, 0.4) is 0 Å². The Balaban J connectivity index is 1.75. The molecule has 5 nitrogen and oxygen atoms in total. The second-order valence-electron chi connectivity index (χ2n) is 5.55. The number of ketones is 1. The fourth-order valence-electron chi connectivity index (χ4n) is 2.36. The number of methoxy groups -OCH3 is 1. The molecule has 0 fully saturated rings. The van der Waals surface area contributed by atoms with Gasteiger partial charge in [-0.1, -0.05) is 12.1 Å². The van der Waals surface area contributed by atoms with Crippen LogP contribution in [0.1, 0.15) is 25.0 Å². The van der Waals surface area contributed by atoms with E-state index in [9.17, 15) is 13.2 Å². The molecule has 0 saturated carbocycles. The van der Waals surface area contributed by atoms with E-state index in [1.165, 1.54) is 29.8 Å². The number of benzene rings is 1. The highest BCUT2D eigenvalue weighted by atomic mass is 32.2. The van der Waals surface area contributed by atoms with Crippen molar-refractivity contribution in [1.29, 1.82) is 0 Å². The zero-order valence-corrected chi connectivity index (χ0v) is 16.6. The standard InChI is InChI=1S/C18H17NO4S3/c1-12-5-7-14(23-2)17(10-12)26(21,22)19-11-13-6-8-16(25-13)18(20)15-4-3-9-24-15/h3-10,19H,11H2,1-2H3. The third-order valence-electron chi connectivity index (χ3n) is 3.68. The number of ether oxygens (including phenoxy) is 1. The molecule has 0 amide bonds. The zero-order chi connectivity index (χ0) is 18.7. The van der Waals surface area contributed by atoms with Gasteiger partial charge in [-0.2, -0.15) is 0 Å². The van der Waals surface area contributed by atoms with E-state index in [-0.39, 0.29) is 17.2 Å². The number of hydrogen-bond acceptors (Lipinski definition) is 6. The summed E-state index contributed by atoms with van der Waals surface area (Å²) in [6, 6.07) is 12.1. The zero-order valence-electron chi connectivity index (χ0n) is 14.2. The first-order valence-electron chi connectivity index (χ1n) is 7.72. The van der Waals surface area contributed by atoms with Gasteiger partial charge in [0, 0.05) is 11.4 Å². The third-order valence-corrected chi connectivity index (χ3v) is 7.05. The summed E-state index contributed by atoms with van der Waals surface area (Å²) >= 11 is 2.67. The van der Waals surface area contributed by atoms with E-state index < -0.39 is 10.0 Å². The van der Waals surface area contributed by atoms with Gasteiger partial charge in [0.15, 0.2) is 0 Å². The van der Waals surface area contributed by atoms with Crippen LogP contribution >= 0.6 is 22.7 Å². The molecule has 0 spiro atoms. The summed E-state index contributed by atoms with van der Waals surface area (Å²) in [5.41, 5.74) is 0.825. The van der Waals surface area contributed by atoms with Crippen molar-refractivity contribution < 1.29 is 17.9 Å². The highest BCUT2D eigenvalue weighted by Gasteiger charge is 2.20. The number of aryl methyl sites for hydroxylation is 1. The van der Waals surface area contributed by atoms with Crippen LogP contribution in [-0.2, 0) is 16.6 Å². The molecule has 0 unspecified atom stereocenters. The maximum Gasteiger partial charge on any atom is 0.244 e. The van der Waals surface area contributed by atoms with Crippen molar-refractivity contribution in [1.82, 2.24) is 4.72 Å². The van der Waals surface area contributed by atoms with Crippen molar-refractivity contribution in [2.45, 2.75) is 18.4 Å². The van der Waals surface area contributed by atoms with Gasteiger partial charge in [0.1, 0.15) is 10.6 Å². The minimum absolute atomic E-state index is 0.0422. The fourth-order valence-corrected chi connectivity index (χ4v) is 5.36. The van der Waals surface area contributed by atoms with Gasteiger partial charge in [0.25, 0.3) is 0 Å². The van der Waals surface area contributed by atoms with E-state index in [1.807, 2.05) is 18.4 Å². The van der Waals surface area contributed by atoms with E-state index in [4.69, 9.17) is 4.74 Å². The normalized spacial score (nSPS) is 11.5. The van der Waals surface area contributed by atoms with Crippen LogP contribution in [0, 0.1) is 6.92 Å². The van der Waals surface area contributed by atoms with Crippen molar-refractivity contribution >= 4 is 38.5 Å². The van der Waals surface area contributed by atoms with Crippen molar-refractivity contribution in [3.63, 3.8) is 0 Å². The minimum Gasteiger partial charge on any atom is -0.495 e. The van der Waals surface area contributed by atoms with Crippen LogP contribution in [0.5, 0.6) is 5.75 Å². The Kier molecular flexibility index (Phi) is 5.57. The number of rotatable bonds is 7. The Hall–Kier alpha value is -2.00. The monoisotopic (exact) mass is 407 g/mol. The van der Waals surface area contributed by atoms with Crippen LogP contribution in [0.2, 0.25) is 0 Å². The van der Waals surface area contributed by atoms with Gasteiger partial charge in [-0.15, -0.1) is 22.7 Å². The van der Waals surface area contributed by atoms with E-state index in [2.05, 4.69) is 4.72 Å². The quantitative estimate of drug-likeness (QED) is 0.604. The summed E-state index contributed by atoms with van der Waals surface area (Å²) in [6.07, 6.45) is 0. The summed E-state index contributed by atoms with van der Waals surface area (Å²) in [4.78, 5) is 14.5. The summed E-state index contributed by atoms with van der Waals surface area (Å²) in [5.74, 6) is 0.252. The predicted octanol–water partition coefficient (Wildman–Crippen LogP) is 3.84. The fraction of sp³-hybridized carbons (Fsp3) is 0.167. The van der Waals surface area contributed by atoms with E-state index in [0.29, 0.717) is 15.5 Å². The Bertz CT molecular complexity index is 1020. The molecular weight excluding hydrogens is 390 g/mol. The molecule has 2 aromatic heterocycles. The van der Waals surface area contributed by atoms with Gasteiger partial charge in [-0.3, -0.25) is 4.79 Å². The molecule has 0 aliphatic rings. The molecular formula is C18H17NO4S3. The van der Waals surface area contributed by atoms with Gasteiger partial charge in [0.2, 0.25) is 15.8 Å². The lowest BCUT2D eigenvalue weighted by atomic mass is 10.2. The summed E-state index contributed by atoms with van der Waals surface area (Å²) in [5, 5.41) is 1.85. The first-order chi connectivity index (χ1) is 12.4. The topological polar surface area (TPSA) is 72.5 Å². The summed E-state index contributed by atoms with van der Waals surface area (Å²) < 4.78 is 33.0. The molecule has 3 rings (SSSR count). The van der Waals surface area contributed by atoms with Crippen molar-refractivity contribution in [2.24, 2.45) is 0 Å². The van der Waals surface area contributed by atoms with Crippen molar-refractivity contribution in [3.8, 4) is 5.75 Å². The van der Waals surface area contributed by atoms with E-state index in [1.54, 1.807) is 36.4 Å². The second-order valence-corrected chi connectivity index (χ2v) is 9.40. The smallest absolute Gasteiger partial charge is 0.244 e. The number of carbonyl (C=O) groups excluding carboxylic acids is 1. The highest BCUT2D eigenvalue weighted by Crippen LogP contribution is 2.26. The van der Waals surface area contributed by atoms with E-state index >= 15 is 0 Å². The lowest BCUT2D eigenvalue weighted by Gasteiger charge is -2.11. The largest absolute Gasteiger partial charge is 0.495 e. The van der Waals surface area contributed by atoms with Gasteiger partial charge < -0.3 is 4.74 Å². The number of sulfonamides is 1.